The maximum absolute atomic E-state index is 12.4. The number of amides is 1. The van der Waals surface area contributed by atoms with E-state index in [-0.39, 0.29) is 30.3 Å². The number of aryl methyl sites for hydroxylation is 2. The van der Waals surface area contributed by atoms with Crippen molar-refractivity contribution in [2.45, 2.75) is 44.7 Å². The van der Waals surface area contributed by atoms with Gasteiger partial charge in [0.15, 0.2) is 0 Å². The minimum Gasteiger partial charge on any atom is -0.328 e. The number of nitrogens with two attached hydrogens (primary N) is 1. The van der Waals surface area contributed by atoms with Crippen molar-refractivity contribution in [1.82, 2.24) is 20.2 Å². The smallest absolute Gasteiger partial charge is 0.227 e. The molecule has 1 aromatic heterocycles. The van der Waals surface area contributed by atoms with Crippen molar-refractivity contribution in [2.24, 2.45) is 11.7 Å². The molecule has 2 atom stereocenters. The van der Waals surface area contributed by atoms with Crippen LogP contribution in [0.25, 0.3) is 11.4 Å². The number of aromatic nitrogens is 4. The number of benzene rings is 2. The quantitative estimate of drug-likeness (QED) is 0.628. The summed E-state index contributed by atoms with van der Waals surface area (Å²) in [6, 6.07) is 17.9. The SMILES string of the molecule is Cl.NC1CCCC(C(=O)Nc2ccc(CCn3nnc(-c4ccccc4)n3)cc2)C1. The van der Waals surface area contributed by atoms with Crippen LogP contribution in [-0.4, -0.2) is 32.2 Å². The Morgan fingerprint density at radius 1 is 1.10 bits per heavy atom. The van der Waals surface area contributed by atoms with E-state index < -0.39 is 0 Å². The molecule has 1 fully saturated rings. The van der Waals surface area contributed by atoms with E-state index in [4.69, 9.17) is 5.73 Å². The normalized spacial score (nSPS) is 18.4. The monoisotopic (exact) mass is 426 g/mol. The maximum Gasteiger partial charge on any atom is 0.227 e. The predicted octanol–water partition coefficient (Wildman–Crippen LogP) is 3.46. The molecular weight excluding hydrogens is 400 g/mol. The van der Waals surface area contributed by atoms with Crippen LogP contribution in [0.15, 0.2) is 54.6 Å². The van der Waals surface area contributed by atoms with Crippen LogP contribution >= 0.6 is 12.4 Å². The highest BCUT2D eigenvalue weighted by Crippen LogP contribution is 2.24. The second kappa shape index (κ2) is 10.3. The van der Waals surface area contributed by atoms with E-state index in [1.807, 2.05) is 54.6 Å². The van der Waals surface area contributed by atoms with Gasteiger partial charge in [0, 0.05) is 23.2 Å². The molecule has 2 aromatic carbocycles. The summed E-state index contributed by atoms with van der Waals surface area (Å²) in [6.45, 7) is 0.644. The first-order chi connectivity index (χ1) is 14.2. The molecule has 1 heterocycles. The number of hydrogen-bond donors (Lipinski definition) is 2. The summed E-state index contributed by atoms with van der Waals surface area (Å²) < 4.78 is 0. The topological polar surface area (TPSA) is 98.7 Å². The standard InChI is InChI=1S/C22H26N6O.ClH/c23-19-8-4-7-18(15-19)22(29)24-20-11-9-16(10-12-20)13-14-28-26-21(25-27-28)17-5-2-1-3-6-17;/h1-3,5-6,9-12,18-19H,4,7-8,13-15,23H2,(H,24,29);1H. The van der Waals surface area contributed by atoms with E-state index >= 15 is 0 Å². The number of anilines is 1. The molecule has 3 aromatic rings. The second-order valence-electron chi connectivity index (χ2n) is 7.63. The van der Waals surface area contributed by atoms with Gasteiger partial charge in [0.1, 0.15) is 0 Å². The first-order valence-corrected chi connectivity index (χ1v) is 10.2. The van der Waals surface area contributed by atoms with Gasteiger partial charge in [-0.2, -0.15) is 4.80 Å². The van der Waals surface area contributed by atoms with E-state index in [1.54, 1.807) is 4.80 Å². The van der Waals surface area contributed by atoms with Crippen LogP contribution < -0.4 is 11.1 Å². The summed E-state index contributed by atoms with van der Waals surface area (Å²) in [5.41, 5.74) is 8.93. The Kier molecular flexibility index (Phi) is 7.54. The van der Waals surface area contributed by atoms with Crippen LogP contribution in [0.2, 0.25) is 0 Å². The molecule has 1 aliphatic carbocycles. The Morgan fingerprint density at radius 2 is 1.87 bits per heavy atom. The van der Waals surface area contributed by atoms with Crippen LogP contribution in [0, 0.1) is 5.92 Å². The lowest BCUT2D eigenvalue weighted by molar-refractivity contribution is -0.120. The number of tetrazole rings is 1. The highest BCUT2D eigenvalue weighted by atomic mass is 35.5. The average Bonchev–Trinajstić information content (AvgIpc) is 3.23. The lowest BCUT2D eigenvalue weighted by Gasteiger charge is -2.25. The van der Waals surface area contributed by atoms with Crippen molar-refractivity contribution >= 4 is 24.0 Å². The fourth-order valence-electron chi connectivity index (χ4n) is 3.73. The van der Waals surface area contributed by atoms with Gasteiger partial charge in [-0.1, -0.05) is 48.9 Å². The number of nitrogens with zero attached hydrogens (tertiary/aromatic N) is 4. The molecule has 0 saturated heterocycles. The van der Waals surface area contributed by atoms with Crippen LogP contribution in [-0.2, 0) is 17.8 Å². The molecule has 1 aliphatic rings. The zero-order valence-corrected chi connectivity index (χ0v) is 17.6. The van der Waals surface area contributed by atoms with Crippen molar-refractivity contribution in [2.75, 3.05) is 5.32 Å². The van der Waals surface area contributed by atoms with E-state index in [9.17, 15) is 4.79 Å². The van der Waals surface area contributed by atoms with Crippen LogP contribution in [0.3, 0.4) is 0 Å². The number of carbonyl (C=O) groups is 1. The minimum absolute atomic E-state index is 0. The Morgan fingerprint density at radius 3 is 2.60 bits per heavy atom. The summed E-state index contributed by atoms with van der Waals surface area (Å²) in [5, 5.41) is 15.7. The highest BCUT2D eigenvalue weighted by Gasteiger charge is 2.25. The van der Waals surface area contributed by atoms with Crippen molar-refractivity contribution in [1.29, 1.82) is 0 Å². The lowest BCUT2D eigenvalue weighted by Crippen LogP contribution is -2.34. The Balaban J connectivity index is 0.00000256. The highest BCUT2D eigenvalue weighted by molar-refractivity contribution is 5.92. The molecule has 30 heavy (non-hydrogen) atoms. The van der Waals surface area contributed by atoms with Crippen LogP contribution in [0.1, 0.15) is 31.2 Å². The van der Waals surface area contributed by atoms with E-state index in [1.165, 1.54) is 0 Å². The second-order valence-corrected chi connectivity index (χ2v) is 7.63. The molecule has 1 saturated carbocycles. The van der Waals surface area contributed by atoms with Gasteiger partial charge in [0.05, 0.1) is 6.54 Å². The summed E-state index contributed by atoms with van der Waals surface area (Å²) >= 11 is 0. The summed E-state index contributed by atoms with van der Waals surface area (Å²) in [5.74, 6) is 0.731. The minimum atomic E-state index is 0. The molecule has 0 radical (unpaired) electrons. The maximum atomic E-state index is 12.4. The van der Waals surface area contributed by atoms with Gasteiger partial charge in [-0.3, -0.25) is 4.79 Å². The molecule has 0 bridgehead atoms. The van der Waals surface area contributed by atoms with E-state index in [0.29, 0.717) is 12.4 Å². The summed E-state index contributed by atoms with van der Waals surface area (Å²) in [6.07, 6.45) is 4.54. The molecule has 7 nitrogen and oxygen atoms in total. The van der Waals surface area contributed by atoms with Gasteiger partial charge < -0.3 is 11.1 Å². The van der Waals surface area contributed by atoms with Gasteiger partial charge >= 0.3 is 0 Å². The molecule has 1 amide bonds. The van der Waals surface area contributed by atoms with Crippen molar-refractivity contribution in [3.05, 3.63) is 60.2 Å². The first kappa shape index (κ1) is 21.9. The summed E-state index contributed by atoms with van der Waals surface area (Å²) in [7, 11) is 0. The third-order valence-corrected chi connectivity index (χ3v) is 5.39. The van der Waals surface area contributed by atoms with Gasteiger partial charge in [-0.15, -0.1) is 22.6 Å². The summed E-state index contributed by atoms with van der Waals surface area (Å²) in [4.78, 5) is 14.0. The lowest BCUT2D eigenvalue weighted by atomic mass is 9.85. The fraction of sp³-hybridized carbons (Fsp3) is 0.364. The third-order valence-electron chi connectivity index (χ3n) is 5.39. The van der Waals surface area contributed by atoms with Crippen molar-refractivity contribution in [3.8, 4) is 11.4 Å². The van der Waals surface area contributed by atoms with E-state index in [2.05, 4.69) is 20.7 Å². The van der Waals surface area contributed by atoms with Crippen molar-refractivity contribution < 1.29 is 4.79 Å². The van der Waals surface area contributed by atoms with Gasteiger partial charge in [-0.25, -0.2) is 0 Å². The number of halogens is 1. The zero-order valence-electron chi connectivity index (χ0n) is 16.8. The van der Waals surface area contributed by atoms with Crippen LogP contribution in [0.4, 0.5) is 5.69 Å². The Hall–Kier alpha value is -2.77. The molecule has 2 unspecified atom stereocenters. The largest absolute Gasteiger partial charge is 0.328 e. The number of carbonyl (C=O) groups excluding carboxylic acids is 1. The first-order valence-electron chi connectivity index (χ1n) is 10.2. The van der Waals surface area contributed by atoms with Crippen LogP contribution in [0.5, 0.6) is 0 Å². The average molecular weight is 427 g/mol. The molecule has 8 heteroatoms. The molecule has 0 aliphatic heterocycles. The van der Waals surface area contributed by atoms with Gasteiger partial charge in [0.2, 0.25) is 11.7 Å². The number of nitrogens with one attached hydrogen (secondary N) is 1. The Labute approximate surface area is 182 Å². The molecule has 0 spiro atoms. The molecule has 4 rings (SSSR count). The van der Waals surface area contributed by atoms with Gasteiger partial charge in [-0.05, 0) is 48.6 Å². The molecule has 3 N–H and O–H groups in total. The zero-order chi connectivity index (χ0) is 20.1. The number of rotatable bonds is 6. The Bertz CT molecular complexity index is 944. The van der Waals surface area contributed by atoms with Crippen molar-refractivity contribution in [3.63, 3.8) is 0 Å². The fourth-order valence-corrected chi connectivity index (χ4v) is 3.73. The third kappa shape index (κ3) is 5.64. The number of hydrogen-bond acceptors (Lipinski definition) is 5. The molecular formula is C22H27ClN6O. The predicted molar refractivity (Wildman–Crippen MR) is 119 cm³/mol. The van der Waals surface area contributed by atoms with E-state index in [0.717, 1.165) is 48.9 Å². The van der Waals surface area contributed by atoms with Gasteiger partial charge in [0.25, 0.3) is 0 Å². The molecule has 158 valence electrons.